The minimum atomic E-state index is -0.0542. The van der Waals surface area contributed by atoms with E-state index in [4.69, 9.17) is 0 Å². The lowest BCUT2D eigenvalue weighted by Crippen LogP contribution is -2.46. The number of benzene rings is 3. The first-order chi connectivity index (χ1) is 16.7. The first kappa shape index (κ1) is 22.2. The van der Waals surface area contributed by atoms with Crippen LogP contribution in [-0.4, -0.2) is 45.8 Å². The SMILES string of the molecule is O=C(NC1CCN(C(=O)c2ccc(CSc3nc4ccccc4[nH]3)cc2)CC1)c1ccccc1. The molecule has 7 heteroatoms. The molecular formula is C27H26N4O2S. The number of rotatable bonds is 6. The minimum absolute atomic E-state index is 0.0457. The van der Waals surface area contributed by atoms with Crippen LogP contribution >= 0.6 is 11.8 Å². The number of hydrogen-bond donors (Lipinski definition) is 2. The summed E-state index contributed by atoms with van der Waals surface area (Å²) in [5.41, 5.74) is 4.51. The van der Waals surface area contributed by atoms with Gasteiger partial charge in [-0.05, 0) is 54.8 Å². The fourth-order valence-electron chi connectivity index (χ4n) is 4.16. The molecule has 34 heavy (non-hydrogen) atoms. The van der Waals surface area contributed by atoms with E-state index in [0.717, 1.165) is 40.3 Å². The van der Waals surface area contributed by atoms with Crippen molar-refractivity contribution in [2.24, 2.45) is 0 Å². The van der Waals surface area contributed by atoms with Gasteiger partial charge >= 0.3 is 0 Å². The third-order valence-corrected chi connectivity index (χ3v) is 7.04. The summed E-state index contributed by atoms with van der Waals surface area (Å²) in [4.78, 5) is 35.1. The topological polar surface area (TPSA) is 78.1 Å². The predicted molar refractivity (Wildman–Crippen MR) is 135 cm³/mol. The molecule has 2 amide bonds. The van der Waals surface area contributed by atoms with E-state index in [2.05, 4.69) is 15.3 Å². The number of imidazole rings is 1. The summed E-state index contributed by atoms with van der Waals surface area (Å²) >= 11 is 1.65. The molecule has 5 rings (SSSR count). The Morgan fingerprint density at radius 2 is 1.62 bits per heavy atom. The second-order valence-electron chi connectivity index (χ2n) is 8.45. The first-order valence-corrected chi connectivity index (χ1v) is 12.5. The number of thioether (sulfide) groups is 1. The lowest BCUT2D eigenvalue weighted by Gasteiger charge is -2.32. The van der Waals surface area contributed by atoms with Gasteiger partial charge < -0.3 is 15.2 Å². The average molecular weight is 471 g/mol. The number of fused-ring (bicyclic) bond motifs is 1. The smallest absolute Gasteiger partial charge is 0.253 e. The third kappa shape index (κ3) is 5.15. The van der Waals surface area contributed by atoms with Crippen molar-refractivity contribution < 1.29 is 9.59 Å². The largest absolute Gasteiger partial charge is 0.349 e. The van der Waals surface area contributed by atoms with Crippen LogP contribution in [0.3, 0.4) is 0 Å². The molecule has 0 spiro atoms. The number of aromatic nitrogens is 2. The number of nitrogens with zero attached hydrogens (tertiary/aromatic N) is 2. The van der Waals surface area contributed by atoms with E-state index in [1.165, 1.54) is 0 Å². The molecule has 172 valence electrons. The maximum Gasteiger partial charge on any atom is 0.253 e. The highest BCUT2D eigenvalue weighted by Gasteiger charge is 2.24. The van der Waals surface area contributed by atoms with Crippen LogP contribution in [0.25, 0.3) is 11.0 Å². The molecule has 0 radical (unpaired) electrons. The number of hydrogen-bond acceptors (Lipinski definition) is 4. The van der Waals surface area contributed by atoms with Crippen LogP contribution in [-0.2, 0) is 5.75 Å². The van der Waals surface area contributed by atoms with Crippen LogP contribution in [0.15, 0.2) is 84.0 Å². The van der Waals surface area contributed by atoms with E-state index in [1.807, 2.05) is 83.8 Å². The molecule has 1 fully saturated rings. The number of aromatic amines is 1. The molecule has 2 N–H and O–H groups in total. The number of para-hydroxylation sites is 2. The Morgan fingerprint density at radius 3 is 2.35 bits per heavy atom. The highest BCUT2D eigenvalue weighted by atomic mass is 32.2. The molecular weight excluding hydrogens is 444 g/mol. The Kier molecular flexibility index (Phi) is 6.62. The van der Waals surface area contributed by atoms with Gasteiger partial charge in [0, 0.05) is 36.0 Å². The number of nitrogens with one attached hydrogen (secondary N) is 2. The summed E-state index contributed by atoms with van der Waals surface area (Å²) in [6.45, 7) is 1.28. The van der Waals surface area contributed by atoms with Crippen LogP contribution in [0.1, 0.15) is 39.1 Å². The summed E-state index contributed by atoms with van der Waals surface area (Å²) in [6, 6.07) is 25.2. The van der Waals surface area contributed by atoms with Crippen molar-refractivity contribution in [3.05, 3.63) is 95.6 Å². The first-order valence-electron chi connectivity index (χ1n) is 11.5. The van der Waals surface area contributed by atoms with Gasteiger partial charge in [0.1, 0.15) is 0 Å². The van der Waals surface area contributed by atoms with Gasteiger partial charge in [-0.3, -0.25) is 9.59 Å². The van der Waals surface area contributed by atoms with Crippen LogP contribution in [0.4, 0.5) is 0 Å². The molecule has 0 aliphatic carbocycles. The fraction of sp³-hybridized carbons (Fsp3) is 0.222. The van der Waals surface area contributed by atoms with E-state index < -0.39 is 0 Å². The van der Waals surface area contributed by atoms with Gasteiger partial charge in [0.15, 0.2) is 5.16 Å². The maximum atomic E-state index is 13.0. The Morgan fingerprint density at radius 1 is 0.912 bits per heavy atom. The molecule has 1 saturated heterocycles. The van der Waals surface area contributed by atoms with Gasteiger partial charge in [-0.1, -0.05) is 54.2 Å². The summed E-state index contributed by atoms with van der Waals surface area (Å²) in [7, 11) is 0. The second kappa shape index (κ2) is 10.1. The predicted octanol–water partition coefficient (Wildman–Crippen LogP) is 4.89. The Labute approximate surface area is 202 Å². The normalized spacial score (nSPS) is 14.3. The van der Waals surface area contributed by atoms with Crippen molar-refractivity contribution in [3.8, 4) is 0 Å². The Balaban J connectivity index is 1.11. The van der Waals surface area contributed by atoms with E-state index in [-0.39, 0.29) is 17.9 Å². The van der Waals surface area contributed by atoms with E-state index in [9.17, 15) is 9.59 Å². The molecule has 1 aliphatic heterocycles. The average Bonchev–Trinajstić information content (AvgIpc) is 3.31. The number of piperidine rings is 1. The molecule has 0 bridgehead atoms. The van der Waals surface area contributed by atoms with Gasteiger partial charge in [0.2, 0.25) is 0 Å². The zero-order valence-corrected chi connectivity index (χ0v) is 19.6. The third-order valence-electron chi connectivity index (χ3n) is 6.10. The van der Waals surface area contributed by atoms with Gasteiger partial charge in [-0.25, -0.2) is 4.98 Å². The van der Waals surface area contributed by atoms with Gasteiger partial charge in [0.25, 0.3) is 11.8 Å². The lowest BCUT2D eigenvalue weighted by atomic mass is 10.0. The fourth-order valence-corrected chi connectivity index (χ4v) is 5.00. The van der Waals surface area contributed by atoms with Crippen LogP contribution in [0.2, 0.25) is 0 Å². The van der Waals surface area contributed by atoms with Gasteiger partial charge in [0.05, 0.1) is 11.0 Å². The zero-order chi connectivity index (χ0) is 23.3. The molecule has 6 nitrogen and oxygen atoms in total. The maximum absolute atomic E-state index is 13.0. The van der Waals surface area contributed by atoms with E-state index in [0.29, 0.717) is 24.2 Å². The summed E-state index contributed by atoms with van der Waals surface area (Å²) in [5.74, 6) is 0.770. The Bertz CT molecular complexity index is 1250. The quantitative estimate of drug-likeness (QED) is 0.393. The summed E-state index contributed by atoms with van der Waals surface area (Å²) in [6.07, 6.45) is 1.52. The van der Waals surface area contributed by atoms with Gasteiger partial charge in [-0.15, -0.1) is 0 Å². The van der Waals surface area contributed by atoms with Crippen molar-refractivity contribution in [2.45, 2.75) is 29.8 Å². The molecule has 0 saturated carbocycles. The minimum Gasteiger partial charge on any atom is -0.349 e. The lowest BCUT2D eigenvalue weighted by molar-refractivity contribution is 0.0698. The monoisotopic (exact) mass is 470 g/mol. The van der Waals surface area contributed by atoms with Crippen molar-refractivity contribution in [1.29, 1.82) is 0 Å². The van der Waals surface area contributed by atoms with Crippen molar-refractivity contribution >= 4 is 34.6 Å². The van der Waals surface area contributed by atoms with Crippen LogP contribution in [0, 0.1) is 0 Å². The molecule has 1 aliphatic rings. The highest BCUT2D eigenvalue weighted by Crippen LogP contribution is 2.23. The molecule has 0 unspecified atom stereocenters. The zero-order valence-electron chi connectivity index (χ0n) is 18.7. The highest BCUT2D eigenvalue weighted by molar-refractivity contribution is 7.98. The van der Waals surface area contributed by atoms with Crippen molar-refractivity contribution in [3.63, 3.8) is 0 Å². The van der Waals surface area contributed by atoms with Crippen molar-refractivity contribution in [1.82, 2.24) is 20.2 Å². The van der Waals surface area contributed by atoms with Gasteiger partial charge in [-0.2, -0.15) is 0 Å². The van der Waals surface area contributed by atoms with Crippen LogP contribution in [0.5, 0.6) is 0 Å². The van der Waals surface area contributed by atoms with Crippen molar-refractivity contribution in [2.75, 3.05) is 13.1 Å². The molecule has 1 aromatic heterocycles. The summed E-state index contributed by atoms with van der Waals surface area (Å²) in [5, 5.41) is 3.98. The Hall–Kier alpha value is -3.58. The molecule has 3 aromatic carbocycles. The van der Waals surface area contributed by atoms with E-state index in [1.54, 1.807) is 11.8 Å². The van der Waals surface area contributed by atoms with E-state index >= 15 is 0 Å². The number of likely N-dealkylation sites (tertiary alicyclic amines) is 1. The number of H-pyrrole nitrogens is 1. The molecule has 0 atom stereocenters. The second-order valence-corrected chi connectivity index (χ2v) is 9.41. The number of carbonyl (C=O) groups excluding carboxylic acids is 2. The number of amides is 2. The standard InChI is InChI=1S/C27H26N4O2S/c32-25(20-6-2-1-3-7-20)28-22-14-16-31(17-15-22)26(33)21-12-10-19(11-13-21)18-34-27-29-23-8-4-5-9-24(23)30-27/h1-13,22H,14-18H2,(H,28,32)(H,29,30). The summed E-state index contributed by atoms with van der Waals surface area (Å²) < 4.78 is 0. The molecule has 4 aromatic rings. The van der Waals surface area contributed by atoms with Crippen LogP contribution < -0.4 is 5.32 Å². The number of carbonyl (C=O) groups is 2. The molecule has 2 heterocycles.